The molecule has 1 unspecified atom stereocenters. The molecule has 0 N–H and O–H groups in total. The Morgan fingerprint density at radius 2 is 0.571 bits per heavy atom. The minimum absolute atomic E-state index is 0.0785. The van der Waals surface area contributed by atoms with Gasteiger partial charge in [0.05, 0.1) is 0 Å². The van der Waals surface area contributed by atoms with Crippen molar-refractivity contribution in [2.75, 3.05) is 13.2 Å². The lowest BCUT2D eigenvalue weighted by atomic mass is 10.1. The molecule has 366 valence electrons. The first-order chi connectivity index (χ1) is 31.0. The molecule has 6 nitrogen and oxygen atoms in total. The number of rotatable bonds is 49. The minimum Gasteiger partial charge on any atom is -0.462 e. The van der Waals surface area contributed by atoms with Crippen LogP contribution < -0.4 is 0 Å². The molecular weight excluding hydrogens is 781 g/mol. The van der Waals surface area contributed by atoms with Gasteiger partial charge in [0, 0.05) is 19.3 Å². The number of hydrogen-bond acceptors (Lipinski definition) is 6. The monoisotopic (exact) mass is 883 g/mol. The van der Waals surface area contributed by atoms with Gasteiger partial charge in [-0.3, -0.25) is 14.4 Å². The van der Waals surface area contributed by atoms with Crippen LogP contribution in [0.5, 0.6) is 0 Å². The van der Waals surface area contributed by atoms with E-state index >= 15 is 0 Å². The quantitative estimate of drug-likeness (QED) is 0.0262. The van der Waals surface area contributed by atoms with Crippen LogP contribution in [0.1, 0.15) is 278 Å². The number of hydrogen-bond donors (Lipinski definition) is 0. The van der Waals surface area contributed by atoms with Gasteiger partial charge in [0.15, 0.2) is 6.10 Å². The molecule has 0 aliphatic heterocycles. The van der Waals surface area contributed by atoms with Gasteiger partial charge in [-0.2, -0.15) is 0 Å². The molecule has 0 aromatic rings. The molecule has 0 spiro atoms. The van der Waals surface area contributed by atoms with Crippen LogP contribution in [-0.4, -0.2) is 37.2 Å². The Morgan fingerprint density at radius 1 is 0.317 bits per heavy atom. The Balaban J connectivity index is 4.21. The van der Waals surface area contributed by atoms with E-state index in [9.17, 15) is 14.4 Å². The van der Waals surface area contributed by atoms with Gasteiger partial charge in [-0.25, -0.2) is 0 Å². The van der Waals surface area contributed by atoms with E-state index in [4.69, 9.17) is 14.2 Å². The van der Waals surface area contributed by atoms with Crippen molar-refractivity contribution in [3.8, 4) is 0 Å². The summed E-state index contributed by atoms with van der Waals surface area (Å²) in [5.74, 6) is -0.898. The van der Waals surface area contributed by atoms with E-state index in [1.54, 1.807) is 0 Å². The molecule has 0 amide bonds. The van der Waals surface area contributed by atoms with Crippen molar-refractivity contribution in [1.29, 1.82) is 0 Å². The number of carbonyl (C=O) groups excluding carboxylic acids is 3. The highest BCUT2D eigenvalue weighted by molar-refractivity contribution is 5.71. The highest BCUT2D eigenvalue weighted by atomic mass is 16.6. The summed E-state index contributed by atoms with van der Waals surface area (Å²) in [6, 6.07) is 0. The van der Waals surface area contributed by atoms with Crippen molar-refractivity contribution in [3.63, 3.8) is 0 Å². The van der Waals surface area contributed by atoms with Gasteiger partial charge in [0.25, 0.3) is 0 Å². The van der Waals surface area contributed by atoms with Crippen molar-refractivity contribution in [2.24, 2.45) is 0 Å². The second kappa shape index (κ2) is 52.0. The minimum atomic E-state index is -0.776. The van der Waals surface area contributed by atoms with Crippen LogP contribution in [-0.2, 0) is 28.6 Å². The van der Waals surface area contributed by atoms with Crippen LogP contribution in [0.4, 0.5) is 0 Å². The molecule has 0 saturated heterocycles. The molecule has 0 heterocycles. The van der Waals surface area contributed by atoms with E-state index in [1.165, 1.54) is 161 Å². The van der Waals surface area contributed by atoms with Crippen LogP contribution in [0, 0.1) is 0 Å². The Kier molecular flexibility index (Phi) is 49.8. The summed E-state index contributed by atoms with van der Waals surface area (Å²) in [5, 5.41) is 0. The van der Waals surface area contributed by atoms with E-state index in [0.29, 0.717) is 19.3 Å². The third kappa shape index (κ3) is 50.2. The maximum Gasteiger partial charge on any atom is 0.306 e. The van der Waals surface area contributed by atoms with Crippen LogP contribution >= 0.6 is 0 Å². The van der Waals surface area contributed by atoms with Crippen molar-refractivity contribution in [1.82, 2.24) is 0 Å². The predicted octanol–water partition coefficient (Wildman–Crippen LogP) is 17.9. The van der Waals surface area contributed by atoms with E-state index < -0.39 is 6.10 Å². The van der Waals surface area contributed by atoms with Gasteiger partial charge in [-0.1, -0.05) is 223 Å². The summed E-state index contributed by atoms with van der Waals surface area (Å²) >= 11 is 0. The predicted molar refractivity (Wildman–Crippen MR) is 270 cm³/mol. The SMILES string of the molecule is CCCCCCC/C=C\C/C=C\C/C=C\CCCCCCCCC(=O)OCC(COC(=O)CCCCCCCC)OC(=O)CCCCCCCCC/C=C\CCCCCCCCC. The molecule has 6 heteroatoms. The van der Waals surface area contributed by atoms with Gasteiger partial charge in [0.1, 0.15) is 13.2 Å². The Labute approximate surface area is 390 Å². The van der Waals surface area contributed by atoms with Crippen molar-refractivity contribution >= 4 is 17.9 Å². The first-order valence-electron chi connectivity index (χ1n) is 27.1. The first-order valence-corrected chi connectivity index (χ1v) is 27.1. The molecule has 0 rings (SSSR count). The molecule has 0 radical (unpaired) electrons. The summed E-state index contributed by atoms with van der Waals surface area (Å²) < 4.78 is 16.7. The van der Waals surface area contributed by atoms with E-state index in [2.05, 4.69) is 69.4 Å². The van der Waals surface area contributed by atoms with E-state index in [1.807, 2.05) is 0 Å². The first kappa shape index (κ1) is 60.4. The third-order valence-corrected chi connectivity index (χ3v) is 11.8. The van der Waals surface area contributed by atoms with Gasteiger partial charge in [0.2, 0.25) is 0 Å². The number of esters is 3. The van der Waals surface area contributed by atoms with Crippen molar-refractivity contribution < 1.29 is 28.6 Å². The van der Waals surface area contributed by atoms with Crippen LogP contribution in [0.3, 0.4) is 0 Å². The summed E-state index contributed by atoms with van der Waals surface area (Å²) in [5.41, 5.74) is 0. The van der Waals surface area contributed by atoms with Crippen molar-refractivity contribution in [3.05, 3.63) is 48.6 Å². The Bertz CT molecular complexity index is 1110. The molecular formula is C57H102O6. The largest absolute Gasteiger partial charge is 0.462 e. The lowest BCUT2D eigenvalue weighted by Gasteiger charge is -2.18. The molecule has 0 aliphatic carbocycles. The third-order valence-electron chi connectivity index (χ3n) is 11.8. The van der Waals surface area contributed by atoms with E-state index in [0.717, 1.165) is 77.0 Å². The molecule has 0 aromatic heterocycles. The summed E-state index contributed by atoms with van der Waals surface area (Å²) in [4.78, 5) is 37.8. The van der Waals surface area contributed by atoms with E-state index in [-0.39, 0.29) is 31.1 Å². The summed E-state index contributed by atoms with van der Waals surface area (Å²) in [7, 11) is 0. The smallest absolute Gasteiger partial charge is 0.306 e. The van der Waals surface area contributed by atoms with Crippen molar-refractivity contribution in [2.45, 2.75) is 284 Å². The van der Waals surface area contributed by atoms with Crippen LogP contribution in [0.15, 0.2) is 48.6 Å². The average molecular weight is 883 g/mol. The second-order valence-corrected chi connectivity index (χ2v) is 18.1. The maximum atomic E-state index is 12.8. The zero-order chi connectivity index (χ0) is 45.8. The highest BCUT2D eigenvalue weighted by Gasteiger charge is 2.19. The Hall–Kier alpha value is -2.63. The summed E-state index contributed by atoms with van der Waals surface area (Å²) in [6.07, 6.45) is 62.6. The van der Waals surface area contributed by atoms with Gasteiger partial charge in [-0.15, -0.1) is 0 Å². The molecule has 0 saturated carbocycles. The van der Waals surface area contributed by atoms with Crippen LogP contribution in [0.25, 0.3) is 0 Å². The number of carbonyl (C=O) groups is 3. The topological polar surface area (TPSA) is 78.9 Å². The average Bonchev–Trinajstić information content (AvgIpc) is 3.28. The van der Waals surface area contributed by atoms with Gasteiger partial charge < -0.3 is 14.2 Å². The Morgan fingerprint density at radius 3 is 0.905 bits per heavy atom. The lowest BCUT2D eigenvalue weighted by Crippen LogP contribution is -2.30. The second-order valence-electron chi connectivity index (χ2n) is 18.1. The fraction of sp³-hybridized carbons (Fsp3) is 0.807. The molecule has 0 bridgehead atoms. The number of allylic oxidation sites excluding steroid dienone is 8. The fourth-order valence-corrected chi connectivity index (χ4v) is 7.68. The molecule has 1 atom stereocenters. The zero-order valence-corrected chi connectivity index (χ0v) is 41.8. The molecule has 0 aromatic carbocycles. The van der Waals surface area contributed by atoms with Gasteiger partial charge in [-0.05, 0) is 83.5 Å². The lowest BCUT2D eigenvalue weighted by molar-refractivity contribution is -0.167. The normalized spacial score (nSPS) is 12.4. The highest BCUT2D eigenvalue weighted by Crippen LogP contribution is 2.15. The fourth-order valence-electron chi connectivity index (χ4n) is 7.68. The maximum absolute atomic E-state index is 12.8. The van der Waals surface area contributed by atoms with Gasteiger partial charge >= 0.3 is 17.9 Å². The molecule has 63 heavy (non-hydrogen) atoms. The van der Waals surface area contributed by atoms with Crippen LogP contribution in [0.2, 0.25) is 0 Å². The standard InChI is InChI=1S/C57H102O6/c1-4-7-10-13-16-18-20-22-24-26-28-29-30-32-33-35-37-39-41-44-47-50-56(59)62-53-54(52-61-55(58)49-46-43-15-12-9-6-3)63-57(60)51-48-45-42-40-38-36-34-31-27-25-23-21-19-17-14-11-8-5-2/h20,22,25-28,30,32,54H,4-19,21,23-24,29,31,33-53H2,1-3H3/b22-20-,27-25-,28-26-,32-30-. The zero-order valence-electron chi connectivity index (χ0n) is 41.8. The number of unbranched alkanes of at least 4 members (excludes halogenated alkanes) is 30. The molecule has 0 aliphatic rings. The summed E-state index contributed by atoms with van der Waals surface area (Å²) in [6.45, 7) is 6.57. The molecule has 0 fully saturated rings. The number of ether oxygens (including phenoxy) is 3.